The lowest BCUT2D eigenvalue weighted by Crippen LogP contribution is -2.31. The van der Waals surface area contributed by atoms with Gasteiger partial charge in [0.2, 0.25) is 5.78 Å². The van der Waals surface area contributed by atoms with Gasteiger partial charge in [0.05, 0.1) is 17.4 Å². The second kappa shape index (κ2) is 5.41. The molecule has 3 aromatic rings. The van der Waals surface area contributed by atoms with Gasteiger partial charge in [0.15, 0.2) is 5.82 Å². The van der Waals surface area contributed by atoms with Gasteiger partial charge >= 0.3 is 0 Å². The number of rotatable bonds is 4. The first-order chi connectivity index (χ1) is 11.5. The molecule has 0 aliphatic heterocycles. The minimum atomic E-state index is -0.0279. The molecule has 126 valence electrons. The topological polar surface area (TPSA) is 55.4 Å². The second-order valence-electron chi connectivity index (χ2n) is 7.13. The molecular formula is C18H23N5O. The van der Waals surface area contributed by atoms with Gasteiger partial charge in [-0.2, -0.15) is 0 Å². The summed E-state index contributed by atoms with van der Waals surface area (Å²) in [4.78, 5) is 14.9. The standard InChI is InChI=1S/C18H23N5O/c1-11-5-8-15-14(9-11)17(24)22(4)18-20-19-16(23(15)18)10-21(3)12(2)13-6-7-13/h5,8-9,12-13H,6-7,10H2,1-4H3. The van der Waals surface area contributed by atoms with Crippen LogP contribution in [0.2, 0.25) is 0 Å². The van der Waals surface area contributed by atoms with E-state index in [1.807, 2.05) is 29.5 Å². The van der Waals surface area contributed by atoms with Gasteiger partial charge in [0, 0.05) is 13.1 Å². The second-order valence-corrected chi connectivity index (χ2v) is 7.13. The van der Waals surface area contributed by atoms with Crippen LogP contribution in [0.1, 0.15) is 31.2 Å². The summed E-state index contributed by atoms with van der Waals surface area (Å²) in [5.74, 6) is 2.28. The molecule has 0 spiro atoms. The van der Waals surface area contributed by atoms with Crippen molar-refractivity contribution in [2.75, 3.05) is 7.05 Å². The van der Waals surface area contributed by atoms with Gasteiger partial charge in [-0.3, -0.25) is 18.7 Å². The molecule has 1 fully saturated rings. The van der Waals surface area contributed by atoms with Crippen LogP contribution in [0.5, 0.6) is 0 Å². The fraction of sp³-hybridized carbons (Fsp3) is 0.500. The first-order valence-corrected chi connectivity index (χ1v) is 8.51. The van der Waals surface area contributed by atoms with Crippen LogP contribution in [0.15, 0.2) is 23.0 Å². The van der Waals surface area contributed by atoms with Gasteiger partial charge in [-0.25, -0.2) is 0 Å². The molecule has 4 rings (SSSR count). The van der Waals surface area contributed by atoms with Crippen molar-refractivity contribution in [1.82, 2.24) is 24.1 Å². The Bertz CT molecular complexity index is 982. The number of aryl methyl sites for hydroxylation is 2. The zero-order chi connectivity index (χ0) is 17.0. The number of benzene rings is 1. The Morgan fingerprint density at radius 1 is 1.33 bits per heavy atom. The Balaban J connectivity index is 1.88. The lowest BCUT2D eigenvalue weighted by Gasteiger charge is -2.23. The SMILES string of the molecule is Cc1ccc2c(c1)c(=O)n(C)c1nnc(CN(C)C(C)C3CC3)n21. The summed E-state index contributed by atoms with van der Waals surface area (Å²) < 4.78 is 3.61. The number of fused-ring (bicyclic) bond motifs is 3. The molecule has 1 atom stereocenters. The third kappa shape index (κ3) is 2.33. The number of hydrogen-bond donors (Lipinski definition) is 0. The van der Waals surface area contributed by atoms with Gasteiger partial charge in [-0.1, -0.05) is 11.6 Å². The Morgan fingerprint density at radius 3 is 2.79 bits per heavy atom. The highest BCUT2D eigenvalue weighted by Gasteiger charge is 2.31. The summed E-state index contributed by atoms with van der Waals surface area (Å²) in [7, 11) is 3.90. The van der Waals surface area contributed by atoms with Crippen LogP contribution in [-0.4, -0.2) is 37.2 Å². The molecular weight excluding hydrogens is 302 g/mol. The van der Waals surface area contributed by atoms with Crippen molar-refractivity contribution in [1.29, 1.82) is 0 Å². The van der Waals surface area contributed by atoms with Crippen LogP contribution in [-0.2, 0) is 13.6 Å². The molecule has 0 radical (unpaired) electrons. The lowest BCUT2D eigenvalue weighted by molar-refractivity contribution is 0.221. The Labute approximate surface area is 140 Å². The number of hydrogen-bond acceptors (Lipinski definition) is 4. The van der Waals surface area contributed by atoms with Gasteiger partial charge in [-0.15, -0.1) is 10.2 Å². The fourth-order valence-electron chi connectivity index (χ4n) is 3.47. The van der Waals surface area contributed by atoms with Crippen molar-refractivity contribution in [3.05, 3.63) is 39.9 Å². The molecule has 0 amide bonds. The molecule has 0 N–H and O–H groups in total. The third-order valence-electron chi connectivity index (χ3n) is 5.33. The van der Waals surface area contributed by atoms with Crippen molar-refractivity contribution in [3.63, 3.8) is 0 Å². The van der Waals surface area contributed by atoms with Crippen LogP contribution in [0.4, 0.5) is 0 Å². The molecule has 24 heavy (non-hydrogen) atoms. The van der Waals surface area contributed by atoms with Crippen LogP contribution >= 0.6 is 0 Å². The van der Waals surface area contributed by atoms with Gasteiger partial charge in [-0.05, 0) is 51.8 Å². The summed E-state index contributed by atoms with van der Waals surface area (Å²) in [6.45, 7) is 5.00. The van der Waals surface area contributed by atoms with Crippen molar-refractivity contribution >= 4 is 16.7 Å². The summed E-state index contributed by atoms with van der Waals surface area (Å²) >= 11 is 0. The molecule has 6 heteroatoms. The van der Waals surface area contributed by atoms with Crippen molar-refractivity contribution < 1.29 is 0 Å². The predicted octanol–water partition coefficient (Wildman–Crippen LogP) is 2.12. The first kappa shape index (κ1) is 15.3. The van der Waals surface area contributed by atoms with E-state index < -0.39 is 0 Å². The minimum absolute atomic E-state index is 0.0279. The van der Waals surface area contributed by atoms with E-state index in [0.717, 1.165) is 29.4 Å². The van der Waals surface area contributed by atoms with Crippen LogP contribution in [0.3, 0.4) is 0 Å². The highest BCUT2D eigenvalue weighted by Crippen LogP contribution is 2.35. The maximum atomic E-state index is 12.6. The molecule has 6 nitrogen and oxygen atoms in total. The van der Waals surface area contributed by atoms with E-state index in [-0.39, 0.29) is 5.56 Å². The van der Waals surface area contributed by atoms with E-state index in [2.05, 4.69) is 29.1 Å². The van der Waals surface area contributed by atoms with Crippen molar-refractivity contribution in [2.45, 2.75) is 39.3 Å². The van der Waals surface area contributed by atoms with E-state index in [4.69, 9.17) is 0 Å². The minimum Gasteiger partial charge on any atom is -0.296 e. The highest BCUT2D eigenvalue weighted by molar-refractivity contribution is 5.81. The molecule has 1 aliphatic rings. The van der Waals surface area contributed by atoms with Crippen molar-refractivity contribution in [2.24, 2.45) is 13.0 Å². The van der Waals surface area contributed by atoms with E-state index in [1.54, 1.807) is 11.6 Å². The van der Waals surface area contributed by atoms with E-state index in [1.165, 1.54) is 12.8 Å². The first-order valence-electron chi connectivity index (χ1n) is 8.51. The zero-order valence-electron chi connectivity index (χ0n) is 14.7. The van der Waals surface area contributed by atoms with Gasteiger partial charge in [0.25, 0.3) is 5.56 Å². The molecule has 1 saturated carbocycles. The number of nitrogens with zero attached hydrogens (tertiary/aromatic N) is 5. The monoisotopic (exact) mass is 325 g/mol. The van der Waals surface area contributed by atoms with Crippen LogP contribution < -0.4 is 5.56 Å². The Morgan fingerprint density at radius 2 is 2.08 bits per heavy atom. The van der Waals surface area contributed by atoms with Crippen LogP contribution in [0.25, 0.3) is 16.7 Å². The quantitative estimate of drug-likeness (QED) is 0.737. The average Bonchev–Trinajstić information content (AvgIpc) is 3.33. The van der Waals surface area contributed by atoms with Crippen molar-refractivity contribution in [3.8, 4) is 0 Å². The molecule has 2 heterocycles. The Kier molecular flexibility index (Phi) is 3.46. The molecule has 1 aliphatic carbocycles. The summed E-state index contributed by atoms with van der Waals surface area (Å²) in [5, 5.41) is 9.37. The zero-order valence-corrected chi connectivity index (χ0v) is 14.7. The van der Waals surface area contributed by atoms with Crippen LogP contribution in [0, 0.1) is 12.8 Å². The molecule has 2 aromatic heterocycles. The Hall–Kier alpha value is -2.21. The normalized spacial score (nSPS) is 16.4. The van der Waals surface area contributed by atoms with E-state index in [0.29, 0.717) is 17.2 Å². The van der Waals surface area contributed by atoms with Gasteiger partial charge < -0.3 is 0 Å². The summed E-state index contributed by atoms with van der Waals surface area (Å²) in [6, 6.07) is 6.51. The van der Waals surface area contributed by atoms with Gasteiger partial charge in [0.1, 0.15) is 0 Å². The molecule has 1 unspecified atom stereocenters. The van der Waals surface area contributed by atoms with E-state index >= 15 is 0 Å². The maximum absolute atomic E-state index is 12.6. The molecule has 1 aromatic carbocycles. The smallest absolute Gasteiger partial charge is 0.262 e. The fourth-order valence-corrected chi connectivity index (χ4v) is 3.47. The summed E-state index contributed by atoms with van der Waals surface area (Å²) in [6.07, 6.45) is 2.64. The molecule has 0 saturated heterocycles. The third-order valence-corrected chi connectivity index (χ3v) is 5.33. The van der Waals surface area contributed by atoms with E-state index in [9.17, 15) is 4.79 Å². The average molecular weight is 325 g/mol. The molecule has 0 bridgehead atoms. The highest BCUT2D eigenvalue weighted by atomic mass is 16.1. The largest absolute Gasteiger partial charge is 0.296 e. The maximum Gasteiger partial charge on any atom is 0.262 e. The summed E-state index contributed by atoms with van der Waals surface area (Å²) in [5.41, 5.74) is 1.93. The lowest BCUT2D eigenvalue weighted by atomic mass is 10.1. The number of aromatic nitrogens is 4. The predicted molar refractivity (Wildman–Crippen MR) is 94.1 cm³/mol.